The number of halogens is 1. The summed E-state index contributed by atoms with van der Waals surface area (Å²) in [4.78, 5) is 11.3. The van der Waals surface area contributed by atoms with Crippen molar-refractivity contribution in [2.24, 2.45) is 0 Å². The molecule has 0 amide bonds. The van der Waals surface area contributed by atoms with Gasteiger partial charge in [-0.1, -0.05) is 40.2 Å². The molecule has 0 aromatic heterocycles. The van der Waals surface area contributed by atoms with Crippen LogP contribution in [0.3, 0.4) is 0 Å². The Morgan fingerprint density at radius 3 is 2.40 bits per heavy atom. The maximum atomic E-state index is 11.3. The number of hydrogen-bond donors (Lipinski definition) is 2. The highest BCUT2D eigenvalue weighted by atomic mass is 79.9. The molecule has 0 spiro atoms. The van der Waals surface area contributed by atoms with Crippen LogP contribution < -0.4 is 5.32 Å². The van der Waals surface area contributed by atoms with Crippen molar-refractivity contribution < 1.29 is 9.90 Å². The number of anilines is 1. The van der Waals surface area contributed by atoms with Gasteiger partial charge in [-0.05, 0) is 42.2 Å². The highest BCUT2D eigenvalue weighted by molar-refractivity contribution is 9.10. The molecule has 3 nitrogen and oxygen atoms in total. The number of benzene rings is 2. The molecule has 0 saturated carbocycles. The third-order valence-corrected chi connectivity index (χ3v) is 4.12. The topological polar surface area (TPSA) is 49.3 Å². The van der Waals surface area contributed by atoms with Gasteiger partial charge in [0, 0.05) is 16.2 Å². The van der Waals surface area contributed by atoms with Crippen LogP contribution in [0.1, 0.15) is 21.5 Å². The molecule has 102 valence electrons. The summed E-state index contributed by atoms with van der Waals surface area (Å²) >= 11 is 3.31. The monoisotopic (exact) mass is 331 g/mol. The Morgan fingerprint density at radius 2 is 1.80 bits per heavy atom. The summed E-state index contributed by atoms with van der Waals surface area (Å²) in [7, 11) is 0. The lowest BCUT2D eigenvalue weighted by Gasteiger charge is -2.16. The van der Waals surface area contributed by atoms with Crippen LogP contribution in [-0.4, -0.2) is 17.1 Å². The van der Waals surface area contributed by atoms with E-state index in [4.69, 9.17) is 0 Å². The minimum Gasteiger partial charge on any atom is -0.478 e. The number of aromatic carboxylic acids is 1. The fourth-order valence-electron chi connectivity index (χ4n) is 2.70. The van der Waals surface area contributed by atoms with Crippen LogP contribution in [0, 0.1) is 0 Å². The van der Waals surface area contributed by atoms with Crippen LogP contribution in [0.5, 0.6) is 0 Å². The maximum Gasteiger partial charge on any atom is 0.337 e. The van der Waals surface area contributed by atoms with Crippen LogP contribution in [0.4, 0.5) is 5.69 Å². The smallest absolute Gasteiger partial charge is 0.337 e. The molecule has 4 heteroatoms. The van der Waals surface area contributed by atoms with E-state index >= 15 is 0 Å². The zero-order valence-electron chi connectivity index (χ0n) is 10.8. The van der Waals surface area contributed by atoms with Crippen molar-refractivity contribution in [3.05, 3.63) is 63.6 Å². The second-order valence-corrected chi connectivity index (χ2v) is 5.93. The molecule has 0 bridgehead atoms. The van der Waals surface area contributed by atoms with E-state index in [0.29, 0.717) is 11.3 Å². The predicted molar refractivity (Wildman–Crippen MR) is 82.4 cm³/mol. The first-order chi connectivity index (χ1) is 9.63. The first-order valence-corrected chi connectivity index (χ1v) is 7.29. The van der Waals surface area contributed by atoms with Gasteiger partial charge in [0.15, 0.2) is 0 Å². The van der Waals surface area contributed by atoms with E-state index in [1.165, 1.54) is 11.1 Å². The van der Waals surface area contributed by atoms with Gasteiger partial charge in [0.1, 0.15) is 0 Å². The van der Waals surface area contributed by atoms with E-state index in [-0.39, 0.29) is 6.04 Å². The largest absolute Gasteiger partial charge is 0.478 e. The van der Waals surface area contributed by atoms with E-state index in [1.807, 2.05) is 24.3 Å². The van der Waals surface area contributed by atoms with Gasteiger partial charge in [-0.25, -0.2) is 4.79 Å². The molecular formula is C16H14BrNO2. The van der Waals surface area contributed by atoms with Gasteiger partial charge in [-0.3, -0.25) is 0 Å². The third-order valence-electron chi connectivity index (χ3n) is 3.62. The average Bonchev–Trinajstić information content (AvgIpc) is 2.82. The summed E-state index contributed by atoms with van der Waals surface area (Å²) in [6.45, 7) is 0. The Balaban J connectivity index is 1.82. The summed E-state index contributed by atoms with van der Waals surface area (Å²) in [6.07, 6.45) is 1.87. The number of carboxylic acid groups (broad SMARTS) is 1. The molecule has 1 aliphatic rings. The number of nitrogens with one attached hydrogen (secondary N) is 1. The molecule has 0 atom stereocenters. The summed E-state index contributed by atoms with van der Waals surface area (Å²) in [5.41, 5.74) is 3.67. The zero-order chi connectivity index (χ0) is 14.1. The summed E-state index contributed by atoms with van der Waals surface area (Å²) in [5.74, 6) is -0.913. The van der Waals surface area contributed by atoms with Crippen molar-refractivity contribution in [2.75, 3.05) is 5.32 Å². The molecule has 20 heavy (non-hydrogen) atoms. The average molecular weight is 332 g/mol. The summed E-state index contributed by atoms with van der Waals surface area (Å²) in [6, 6.07) is 13.9. The van der Waals surface area contributed by atoms with Gasteiger partial charge in [-0.2, -0.15) is 0 Å². The van der Waals surface area contributed by atoms with Gasteiger partial charge in [0.05, 0.1) is 5.56 Å². The van der Waals surface area contributed by atoms with Crippen LogP contribution >= 0.6 is 15.9 Å². The minimum atomic E-state index is -0.913. The first-order valence-electron chi connectivity index (χ1n) is 6.49. The van der Waals surface area contributed by atoms with Gasteiger partial charge in [0.25, 0.3) is 0 Å². The molecule has 2 aromatic carbocycles. The van der Waals surface area contributed by atoms with Crippen LogP contribution in [0.2, 0.25) is 0 Å². The number of carbonyl (C=O) groups is 1. The van der Waals surface area contributed by atoms with E-state index in [9.17, 15) is 9.90 Å². The molecule has 2 aromatic rings. The van der Waals surface area contributed by atoms with Crippen molar-refractivity contribution in [2.45, 2.75) is 18.9 Å². The van der Waals surface area contributed by atoms with E-state index < -0.39 is 5.97 Å². The number of rotatable bonds is 3. The number of hydrogen-bond acceptors (Lipinski definition) is 2. The Morgan fingerprint density at radius 1 is 1.15 bits per heavy atom. The van der Waals surface area contributed by atoms with Crippen LogP contribution in [-0.2, 0) is 12.8 Å². The minimum absolute atomic E-state index is 0.256. The van der Waals surface area contributed by atoms with Crippen molar-refractivity contribution in [1.29, 1.82) is 0 Å². The fraction of sp³-hybridized carbons (Fsp3) is 0.188. The van der Waals surface area contributed by atoms with Crippen molar-refractivity contribution in [3.8, 4) is 0 Å². The highest BCUT2D eigenvalue weighted by Crippen LogP contribution is 2.27. The lowest BCUT2D eigenvalue weighted by molar-refractivity contribution is 0.0698. The zero-order valence-corrected chi connectivity index (χ0v) is 12.4. The van der Waals surface area contributed by atoms with Crippen LogP contribution in [0.25, 0.3) is 0 Å². The van der Waals surface area contributed by atoms with E-state index in [2.05, 4.69) is 33.4 Å². The molecule has 0 saturated heterocycles. The SMILES string of the molecule is O=C(O)c1cc(Br)ccc1NC1Cc2ccccc2C1. The number of carboxylic acids is 1. The second-order valence-electron chi connectivity index (χ2n) is 5.01. The lowest BCUT2D eigenvalue weighted by Crippen LogP contribution is -2.21. The van der Waals surface area contributed by atoms with Crippen molar-refractivity contribution in [3.63, 3.8) is 0 Å². The molecule has 2 N–H and O–H groups in total. The van der Waals surface area contributed by atoms with Gasteiger partial charge in [-0.15, -0.1) is 0 Å². The van der Waals surface area contributed by atoms with Crippen LogP contribution in [0.15, 0.2) is 46.9 Å². The fourth-order valence-corrected chi connectivity index (χ4v) is 3.06. The quantitative estimate of drug-likeness (QED) is 0.900. The lowest BCUT2D eigenvalue weighted by atomic mass is 10.1. The Labute approximate surface area is 125 Å². The van der Waals surface area contributed by atoms with E-state index in [0.717, 1.165) is 17.3 Å². The highest BCUT2D eigenvalue weighted by Gasteiger charge is 2.22. The number of fused-ring (bicyclic) bond motifs is 1. The predicted octanol–water partition coefficient (Wildman–Crippen LogP) is 3.73. The Bertz CT molecular complexity index is 644. The van der Waals surface area contributed by atoms with Gasteiger partial charge in [0.2, 0.25) is 0 Å². The molecular weight excluding hydrogens is 318 g/mol. The molecule has 0 heterocycles. The second kappa shape index (κ2) is 5.29. The maximum absolute atomic E-state index is 11.3. The molecule has 0 unspecified atom stereocenters. The van der Waals surface area contributed by atoms with Crippen molar-refractivity contribution >= 4 is 27.6 Å². The molecule has 1 aliphatic carbocycles. The first kappa shape index (κ1) is 13.2. The Kier molecular flexibility index (Phi) is 3.49. The standard InChI is InChI=1S/C16H14BrNO2/c17-12-5-6-15(14(9-12)16(19)20)18-13-7-10-3-1-2-4-11(10)8-13/h1-6,9,13,18H,7-8H2,(H,19,20). The summed E-state index contributed by atoms with van der Waals surface area (Å²) in [5, 5.41) is 12.6. The molecule has 3 rings (SSSR count). The van der Waals surface area contributed by atoms with Crippen molar-refractivity contribution in [1.82, 2.24) is 0 Å². The van der Waals surface area contributed by atoms with Gasteiger partial charge < -0.3 is 10.4 Å². The third kappa shape index (κ3) is 2.56. The molecule has 0 radical (unpaired) electrons. The normalized spacial score (nSPS) is 14.1. The summed E-state index contributed by atoms with van der Waals surface area (Å²) < 4.78 is 0.773. The molecule has 0 aliphatic heterocycles. The Hall–Kier alpha value is -1.81. The van der Waals surface area contributed by atoms with E-state index in [1.54, 1.807) is 6.07 Å². The van der Waals surface area contributed by atoms with Gasteiger partial charge >= 0.3 is 5.97 Å². The molecule has 0 fully saturated rings.